The van der Waals surface area contributed by atoms with E-state index in [1.807, 2.05) is 0 Å². The zero-order chi connectivity index (χ0) is 14.7. The predicted molar refractivity (Wildman–Crippen MR) is 69.8 cm³/mol. The Hall–Kier alpha value is -2.76. The van der Waals surface area contributed by atoms with Crippen molar-refractivity contribution in [2.45, 2.75) is 0 Å². The lowest BCUT2D eigenvalue weighted by Crippen LogP contribution is -2.01. The van der Waals surface area contributed by atoms with Crippen LogP contribution >= 0.6 is 0 Å². The Labute approximate surface area is 113 Å². The molecule has 0 fully saturated rings. The molecular formula is C14H10FNO4. The van der Waals surface area contributed by atoms with E-state index < -0.39 is 16.7 Å². The summed E-state index contributed by atoms with van der Waals surface area (Å²) in [7, 11) is 1.24. The molecule has 6 heteroatoms. The number of esters is 1. The van der Waals surface area contributed by atoms with E-state index in [1.54, 1.807) is 12.1 Å². The fourth-order valence-electron chi connectivity index (χ4n) is 1.83. The van der Waals surface area contributed by atoms with Gasteiger partial charge in [0.05, 0.1) is 23.2 Å². The molecule has 2 aromatic carbocycles. The van der Waals surface area contributed by atoms with Crippen LogP contribution in [0.1, 0.15) is 10.4 Å². The minimum Gasteiger partial charge on any atom is -0.465 e. The zero-order valence-corrected chi connectivity index (χ0v) is 10.5. The summed E-state index contributed by atoms with van der Waals surface area (Å²) < 4.78 is 17.9. The number of benzene rings is 2. The number of nitro groups is 1. The van der Waals surface area contributed by atoms with Crippen molar-refractivity contribution in [1.29, 1.82) is 0 Å². The summed E-state index contributed by atoms with van der Waals surface area (Å²) in [5, 5.41) is 11.0. The molecule has 0 aliphatic heterocycles. The summed E-state index contributed by atoms with van der Waals surface area (Å²) in [5.74, 6) is -1.15. The molecule has 0 saturated heterocycles. The molecule has 0 atom stereocenters. The average Bonchev–Trinajstić information content (AvgIpc) is 2.46. The topological polar surface area (TPSA) is 69.4 Å². The van der Waals surface area contributed by atoms with Crippen molar-refractivity contribution >= 4 is 11.7 Å². The number of hydrogen-bond donors (Lipinski definition) is 0. The summed E-state index contributed by atoms with van der Waals surface area (Å²) in [4.78, 5) is 21.8. The van der Waals surface area contributed by atoms with E-state index in [1.165, 1.54) is 19.2 Å². The Morgan fingerprint density at radius 3 is 2.65 bits per heavy atom. The van der Waals surface area contributed by atoms with Crippen LogP contribution in [-0.2, 0) is 4.74 Å². The maximum atomic E-state index is 13.3. The zero-order valence-electron chi connectivity index (χ0n) is 10.5. The molecule has 0 saturated carbocycles. The van der Waals surface area contributed by atoms with Gasteiger partial charge in [0.25, 0.3) is 5.69 Å². The molecule has 0 radical (unpaired) electrons. The number of ether oxygens (including phenoxy) is 1. The number of rotatable bonds is 3. The normalized spacial score (nSPS) is 10.1. The quantitative estimate of drug-likeness (QED) is 0.490. The smallest absolute Gasteiger partial charge is 0.337 e. The van der Waals surface area contributed by atoms with Crippen molar-refractivity contribution in [2.24, 2.45) is 0 Å². The molecular weight excluding hydrogens is 265 g/mol. The molecule has 102 valence electrons. The maximum Gasteiger partial charge on any atom is 0.337 e. The van der Waals surface area contributed by atoms with Gasteiger partial charge in [-0.15, -0.1) is 0 Å². The molecule has 2 rings (SSSR count). The third-order valence-corrected chi connectivity index (χ3v) is 2.75. The first-order valence-corrected chi connectivity index (χ1v) is 5.65. The molecule has 0 spiro atoms. The Balaban J connectivity index is 2.59. The first-order chi connectivity index (χ1) is 9.52. The molecule has 0 aromatic heterocycles. The number of carbonyl (C=O) groups is 1. The highest BCUT2D eigenvalue weighted by atomic mass is 19.1. The van der Waals surface area contributed by atoms with Gasteiger partial charge in [-0.3, -0.25) is 10.1 Å². The van der Waals surface area contributed by atoms with Crippen LogP contribution in [0.3, 0.4) is 0 Å². The van der Waals surface area contributed by atoms with E-state index in [4.69, 9.17) is 0 Å². The maximum absolute atomic E-state index is 13.3. The fraction of sp³-hybridized carbons (Fsp3) is 0.0714. The Morgan fingerprint density at radius 2 is 2.00 bits per heavy atom. The van der Waals surface area contributed by atoms with Crippen LogP contribution in [0.4, 0.5) is 10.1 Å². The minimum atomic E-state index is -0.598. The van der Waals surface area contributed by atoms with Crippen LogP contribution < -0.4 is 0 Å². The molecule has 0 bridgehead atoms. The van der Waals surface area contributed by atoms with Gasteiger partial charge in [-0.2, -0.15) is 0 Å². The van der Waals surface area contributed by atoms with Gasteiger partial charge in [0.1, 0.15) is 5.82 Å². The molecule has 2 aromatic rings. The van der Waals surface area contributed by atoms with Crippen molar-refractivity contribution < 1.29 is 18.8 Å². The van der Waals surface area contributed by atoms with Crippen LogP contribution in [-0.4, -0.2) is 18.0 Å². The molecule has 0 aliphatic rings. The number of halogens is 1. The van der Waals surface area contributed by atoms with Gasteiger partial charge in [0, 0.05) is 6.07 Å². The number of carbonyl (C=O) groups excluding carboxylic acids is 1. The van der Waals surface area contributed by atoms with Gasteiger partial charge < -0.3 is 4.74 Å². The van der Waals surface area contributed by atoms with Crippen LogP contribution in [0.5, 0.6) is 0 Å². The van der Waals surface area contributed by atoms with E-state index >= 15 is 0 Å². The van der Waals surface area contributed by atoms with Crippen molar-refractivity contribution in [3.63, 3.8) is 0 Å². The summed E-state index contributed by atoms with van der Waals surface area (Å²) >= 11 is 0. The Morgan fingerprint density at radius 1 is 1.25 bits per heavy atom. The third-order valence-electron chi connectivity index (χ3n) is 2.75. The number of methoxy groups -OCH3 is 1. The molecule has 20 heavy (non-hydrogen) atoms. The van der Waals surface area contributed by atoms with Gasteiger partial charge in [0.2, 0.25) is 0 Å². The average molecular weight is 275 g/mol. The highest BCUT2D eigenvalue weighted by Gasteiger charge is 2.17. The Kier molecular flexibility index (Phi) is 3.74. The van der Waals surface area contributed by atoms with Crippen LogP contribution in [0.15, 0.2) is 42.5 Å². The predicted octanol–water partition coefficient (Wildman–Crippen LogP) is 3.19. The van der Waals surface area contributed by atoms with E-state index in [0.29, 0.717) is 5.56 Å². The lowest BCUT2D eigenvalue weighted by molar-refractivity contribution is -0.384. The fourth-order valence-corrected chi connectivity index (χ4v) is 1.83. The van der Waals surface area contributed by atoms with Crippen LogP contribution in [0.25, 0.3) is 11.1 Å². The second-order valence-corrected chi connectivity index (χ2v) is 3.99. The lowest BCUT2D eigenvalue weighted by Gasteiger charge is -2.05. The first-order valence-electron chi connectivity index (χ1n) is 5.65. The molecule has 0 unspecified atom stereocenters. The Bertz CT molecular complexity index is 685. The van der Waals surface area contributed by atoms with Gasteiger partial charge in [-0.1, -0.05) is 12.1 Å². The molecule has 5 nitrogen and oxygen atoms in total. The standard InChI is InChI=1S/C14H10FNO4/c1-20-14(17)10-4-2-3-9(7-10)12-8-11(15)5-6-13(12)16(18)19/h2-8H,1H3. The van der Waals surface area contributed by atoms with Crippen molar-refractivity contribution in [3.8, 4) is 11.1 Å². The van der Waals surface area contributed by atoms with Crippen LogP contribution in [0, 0.1) is 15.9 Å². The van der Waals surface area contributed by atoms with Crippen molar-refractivity contribution in [1.82, 2.24) is 0 Å². The highest BCUT2D eigenvalue weighted by Crippen LogP contribution is 2.31. The van der Waals surface area contributed by atoms with Crippen LogP contribution in [0.2, 0.25) is 0 Å². The van der Waals surface area contributed by atoms with E-state index in [2.05, 4.69) is 4.74 Å². The molecule has 0 heterocycles. The number of nitro benzene ring substituents is 1. The van der Waals surface area contributed by atoms with E-state index in [0.717, 1.165) is 18.2 Å². The van der Waals surface area contributed by atoms with E-state index in [9.17, 15) is 19.3 Å². The van der Waals surface area contributed by atoms with E-state index in [-0.39, 0.29) is 16.8 Å². The van der Waals surface area contributed by atoms with Gasteiger partial charge >= 0.3 is 5.97 Å². The number of nitrogens with zero attached hydrogens (tertiary/aromatic N) is 1. The summed E-state index contributed by atoms with van der Waals surface area (Å²) in [5.41, 5.74) is 0.497. The third kappa shape index (κ3) is 2.64. The minimum absolute atomic E-state index is 0.112. The van der Waals surface area contributed by atoms with Gasteiger partial charge in [-0.05, 0) is 29.8 Å². The summed E-state index contributed by atoms with van der Waals surface area (Å²) in [6.07, 6.45) is 0. The van der Waals surface area contributed by atoms with Gasteiger partial charge in [-0.25, -0.2) is 9.18 Å². The first kappa shape index (κ1) is 13.7. The SMILES string of the molecule is COC(=O)c1cccc(-c2cc(F)ccc2[N+](=O)[O-])c1. The largest absolute Gasteiger partial charge is 0.465 e. The summed E-state index contributed by atoms with van der Waals surface area (Å²) in [6, 6.07) is 9.23. The second-order valence-electron chi connectivity index (χ2n) is 3.99. The van der Waals surface area contributed by atoms with Crippen molar-refractivity contribution in [2.75, 3.05) is 7.11 Å². The molecule has 0 amide bonds. The summed E-state index contributed by atoms with van der Waals surface area (Å²) in [6.45, 7) is 0. The number of hydrogen-bond acceptors (Lipinski definition) is 4. The van der Waals surface area contributed by atoms with Crippen molar-refractivity contribution in [3.05, 3.63) is 64.0 Å². The monoisotopic (exact) mass is 275 g/mol. The van der Waals surface area contributed by atoms with Gasteiger partial charge in [0.15, 0.2) is 0 Å². The highest BCUT2D eigenvalue weighted by molar-refractivity contribution is 5.91. The second kappa shape index (κ2) is 5.48. The lowest BCUT2D eigenvalue weighted by atomic mass is 10.0. The molecule has 0 N–H and O–H groups in total. The molecule has 0 aliphatic carbocycles.